The van der Waals surface area contributed by atoms with E-state index in [4.69, 9.17) is 15.2 Å². The van der Waals surface area contributed by atoms with E-state index in [1.165, 1.54) is 12.1 Å². The van der Waals surface area contributed by atoms with E-state index in [0.717, 1.165) is 12.0 Å². The number of nitrogens with two attached hydrogens (primary N) is 1. The zero-order chi connectivity index (χ0) is 19.3. The molecule has 1 aliphatic heterocycles. The van der Waals surface area contributed by atoms with Crippen LogP contribution in [0.2, 0.25) is 0 Å². The molecule has 3 aromatic rings. The molecule has 146 valence electrons. The van der Waals surface area contributed by atoms with Crippen molar-refractivity contribution in [2.45, 2.75) is 12.7 Å². The molecule has 0 amide bonds. The average Bonchev–Trinajstić information content (AvgIpc) is 3.19. The number of aromatic amines is 1. The van der Waals surface area contributed by atoms with Gasteiger partial charge in [0.05, 0.1) is 30.3 Å². The lowest BCUT2D eigenvalue weighted by molar-refractivity contribution is -0.186. The molecule has 1 aromatic carbocycles. The molecule has 1 fully saturated rings. The molecule has 0 spiro atoms. The minimum absolute atomic E-state index is 0.310. The predicted molar refractivity (Wildman–Crippen MR) is 102 cm³/mol. The number of anilines is 1. The normalized spacial score (nSPS) is 14.9. The first kappa shape index (κ1) is 18.5. The highest BCUT2D eigenvalue weighted by molar-refractivity contribution is 5.77. The highest BCUT2D eigenvalue weighted by Crippen LogP contribution is 2.32. The van der Waals surface area contributed by atoms with Gasteiger partial charge in [-0.2, -0.15) is 0 Å². The molecule has 0 atom stereocenters. The van der Waals surface area contributed by atoms with Gasteiger partial charge in [-0.15, -0.1) is 0 Å². The van der Waals surface area contributed by atoms with Crippen LogP contribution in [0.1, 0.15) is 18.5 Å². The maximum Gasteiger partial charge on any atom is 0.223 e. The Kier molecular flexibility index (Phi) is 5.56. The topological polar surface area (TPSA) is 111 Å². The molecule has 9 heteroatoms. The number of hydrogen-bond donors (Lipinski definition) is 3. The van der Waals surface area contributed by atoms with Gasteiger partial charge in [0.25, 0.3) is 0 Å². The fraction of sp³-hybridized carbons (Fsp3) is 0.316. The monoisotopic (exact) mass is 384 g/mol. The summed E-state index contributed by atoms with van der Waals surface area (Å²) >= 11 is 0. The maximum atomic E-state index is 13.4. The summed E-state index contributed by atoms with van der Waals surface area (Å²) in [7, 11) is 0. The minimum Gasteiger partial charge on any atom is -0.353 e. The number of hydrogen-bond acceptors (Lipinski definition) is 7. The van der Waals surface area contributed by atoms with Crippen molar-refractivity contribution in [3.63, 3.8) is 0 Å². The van der Waals surface area contributed by atoms with Crippen molar-refractivity contribution in [3.8, 4) is 22.6 Å². The highest BCUT2D eigenvalue weighted by Gasteiger charge is 2.24. The van der Waals surface area contributed by atoms with Gasteiger partial charge in [-0.3, -0.25) is 0 Å². The molecule has 28 heavy (non-hydrogen) atoms. The number of ether oxygens (including phenoxy) is 2. The van der Waals surface area contributed by atoms with E-state index in [1.807, 2.05) is 0 Å². The zero-order valence-electron chi connectivity index (χ0n) is 15.2. The Morgan fingerprint density at radius 3 is 2.68 bits per heavy atom. The van der Waals surface area contributed by atoms with E-state index in [-0.39, 0.29) is 5.82 Å². The van der Waals surface area contributed by atoms with Crippen molar-refractivity contribution in [1.29, 1.82) is 0 Å². The highest BCUT2D eigenvalue weighted by atomic mass is 19.1. The van der Waals surface area contributed by atoms with Crippen LogP contribution in [0.4, 0.5) is 10.3 Å². The van der Waals surface area contributed by atoms with Crippen molar-refractivity contribution in [2.24, 2.45) is 5.73 Å². The SMILES string of the molecule is NCCNc1nccc(-c2[nH]c(C3OCCCO3)nc2-c2ccc(F)cc2)n1. The second-order valence-corrected chi connectivity index (χ2v) is 6.26. The third kappa shape index (κ3) is 4.01. The zero-order valence-corrected chi connectivity index (χ0v) is 15.2. The van der Waals surface area contributed by atoms with Gasteiger partial charge in [0.2, 0.25) is 12.2 Å². The molecule has 0 radical (unpaired) electrons. The van der Waals surface area contributed by atoms with Crippen molar-refractivity contribution in [3.05, 3.63) is 48.2 Å². The van der Waals surface area contributed by atoms with Crippen LogP contribution in [0, 0.1) is 5.82 Å². The molecule has 1 aliphatic rings. The lowest BCUT2D eigenvalue weighted by Crippen LogP contribution is -2.18. The average molecular weight is 384 g/mol. The van der Waals surface area contributed by atoms with E-state index < -0.39 is 6.29 Å². The number of halogens is 1. The molecule has 3 heterocycles. The number of nitrogens with one attached hydrogen (secondary N) is 2. The van der Waals surface area contributed by atoms with Crippen LogP contribution in [-0.2, 0) is 9.47 Å². The molecule has 0 unspecified atom stereocenters. The lowest BCUT2D eigenvalue weighted by Gasteiger charge is -2.21. The number of benzene rings is 1. The Hall–Kier alpha value is -2.88. The van der Waals surface area contributed by atoms with Crippen molar-refractivity contribution in [1.82, 2.24) is 19.9 Å². The van der Waals surface area contributed by atoms with Crippen LogP contribution in [0.3, 0.4) is 0 Å². The third-order valence-corrected chi connectivity index (χ3v) is 4.23. The summed E-state index contributed by atoms with van der Waals surface area (Å²) in [6.45, 7) is 2.24. The summed E-state index contributed by atoms with van der Waals surface area (Å²) < 4.78 is 24.7. The molecule has 0 saturated carbocycles. The number of nitrogens with zero attached hydrogens (tertiary/aromatic N) is 3. The summed E-state index contributed by atoms with van der Waals surface area (Å²) in [5.41, 5.74) is 8.24. The Morgan fingerprint density at radius 1 is 1.14 bits per heavy atom. The molecule has 8 nitrogen and oxygen atoms in total. The van der Waals surface area contributed by atoms with Crippen LogP contribution >= 0.6 is 0 Å². The first-order valence-corrected chi connectivity index (χ1v) is 9.11. The first-order valence-electron chi connectivity index (χ1n) is 9.11. The third-order valence-electron chi connectivity index (χ3n) is 4.23. The summed E-state index contributed by atoms with van der Waals surface area (Å²) in [5, 5.41) is 3.06. The molecule has 2 aromatic heterocycles. The Bertz CT molecular complexity index is 924. The van der Waals surface area contributed by atoms with Gasteiger partial charge in [0, 0.05) is 24.8 Å². The Labute approximate surface area is 161 Å². The standard InChI is InChI=1S/C19H21FN6O2/c20-13-4-2-12(3-5-13)15-16(14-6-8-22-19(24-14)23-9-7-21)26-17(25-15)18-27-10-1-11-28-18/h2-6,8,18H,1,7,9-11,21H2,(H,25,26)(H,22,23,24). The summed E-state index contributed by atoms with van der Waals surface area (Å²) in [4.78, 5) is 16.7. The van der Waals surface area contributed by atoms with E-state index in [9.17, 15) is 4.39 Å². The van der Waals surface area contributed by atoms with Crippen LogP contribution in [0.5, 0.6) is 0 Å². The maximum absolute atomic E-state index is 13.4. The summed E-state index contributed by atoms with van der Waals surface area (Å²) in [6.07, 6.45) is 1.93. The largest absolute Gasteiger partial charge is 0.353 e. The van der Waals surface area contributed by atoms with Gasteiger partial charge in [0.1, 0.15) is 5.82 Å². The van der Waals surface area contributed by atoms with Crippen LogP contribution in [0.25, 0.3) is 22.6 Å². The number of aromatic nitrogens is 4. The predicted octanol–water partition coefficient (Wildman–Crippen LogP) is 2.48. The number of rotatable bonds is 6. The second kappa shape index (κ2) is 8.42. The van der Waals surface area contributed by atoms with Crippen molar-refractivity contribution < 1.29 is 13.9 Å². The van der Waals surface area contributed by atoms with Gasteiger partial charge in [0.15, 0.2) is 5.82 Å². The van der Waals surface area contributed by atoms with Gasteiger partial charge in [-0.25, -0.2) is 19.3 Å². The van der Waals surface area contributed by atoms with E-state index in [0.29, 0.717) is 55.2 Å². The number of H-pyrrole nitrogens is 1. The fourth-order valence-electron chi connectivity index (χ4n) is 2.92. The van der Waals surface area contributed by atoms with Gasteiger partial charge in [-0.1, -0.05) is 0 Å². The molecule has 1 saturated heterocycles. The smallest absolute Gasteiger partial charge is 0.223 e. The fourth-order valence-corrected chi connectivity index (χ4v) is 2.92. The molecule has 4 N–H and O–H groups in total. The van der Waals surface area contributed by atoms with Crippen LogP contribution in [0.15, 0.2) is 36.5 Å². The molecule has 4 rings (SSSR count). The Balaban J connectivity index is 1.75. The number of imidazole rings is 1. The van der Waals surface area contributed by atoms with Crippen LogP contribution in [-0.4, -0.2) is 46.2 Å². The first-order chi connectivity index (χ1) is 13.7. The summed E-state index contributed by atoms with van der Waals surface area (Å²) in [6, 6.07) is 7.93. The van der Waals surface area contributed by atoms with Crippen molar-refractivity contribution >= 4 is 5.95 Å². The van der Waals surface area contributed by atoms with Gasteiger partial charge < -0.3 is 25.5 Å². The van der Waals surface area contributed by atoms with E-state index >= 15 is 0 Å². The minimum atomic E-state index is -0.571. The van der Waals surface area contributed by atoms with E-state index in [2.05, 4.69) is 25.3 Å². The lowest BCUT2D eigenvalue weighted by atomic mass is 10.1. The Morgan fingerprint density at radius 2 is 1.93 bits per heavy atom. The van der Waals surface area contributed by atoms with Crippen molar-refractivity contribution in [2.75, 3.05) is 31.6 Å². The molecule has 0 aliphatic carbocycles. The second-order valence-electron chi connectivity index (χ2n) is 6.26. The molecular weight excluding hydrogens is 363 g/mol. The van der Waals surface area contributed by atoms with Crippen LogP contribution < -0.4 is 11.1 Å². The quantitative estimate of drug-likeness (QED) is 0.599. The van der Waals surface area contributed by atoms with Gasteiger partial charge >= 0.3 is 0 Å². The summed E-state index contributed by atoms with van der Waals surface area (Å²) in [5.74, 6) is 0.703. The van der Waals surface area contributed by atoms with E-state index in [1.54, 1.807) is 24.4 Å². The molecular formula is C19H21FN6O2. The molecule has 0 bridgehead atoms. The van der Waals surface area contributed by atoms with Gasteiger partial charge in [-0.05, 0) is 36.8 Å².